The zero-order valence-corrected chi connectivity index (χ0v) is 14.2. The maximum Gasteiger partial charge on any atom is 0.287 e. The molecule has 22 heavy (non-hydrogen) atoms. The lowest BCUT2D eigenvalue weighted by atomic mass is 10.1. The number of amides is 2. The van der Waals surface area contributed by atoms with Gasteiger partial charge in [-0.2, -0.15) is 0 Å². The van der Waals surface area contributed by atoms with E-state index in [0.29, 0.717) is 4.67 Å². The molecule has 116 valence electrons. The minimum absolute atomic E-state index is 0.151. The van der Waals surface area contributed by atoms with Crippen molar-refractivity contribution in [1.82, 2.24) is 5.32 Å². The van der Waals surface area contributed by atoms with Crippen molar-refractivity contribution in [3.8, 4) is 0 Å². The minimum Gasteiger partial charge on any atom is -0.444 e. The molecular weight excluding hydrogens is 348 g/mol. The van der Waals surface area contributed by atoms with Crippen molar-refractivity contribution in [3.63, 3.8) is 0 Å². The lowest BCUT2D eigenvalue weighted by molar-refractivity contribution is -0.117. The number of anilines is 1. The van der Waals surface area contributed by atoms with Gasteiger partial charge in [-0.1, -0.05) is 12.1 Å². The summed E-state index contributed by atoms with van der Waals surface area (Å²) < 4.78 is 5.62. The van der Waals surface area contributed by atoms with Gasteiger partial charge in [-0.25, -0.2) is 0 Å². The van der Waals surface area contributed by atoms with Crippen LogP contribution in [-0.2, 0) is 4.79 Å². The Morgan fingerprint density at radius 3 is 2.55 bits per heavy atom. The number of hydrogen-bond acceptors (Lipinski definition) is 3. The standard InChI is InChI=1S/C16H17BrN2O3/c1-9-4-5-10(2)12(8-9)19-15(20)11(3)18-16(21)13-6-7-14(17)22-13/h4-8,11H,1-3H3,(H,18,21)(H,19,20). The van der Waals surface area contributed by atoms with Gasteiger partial charge in [0, 0.05) is 5.69 Å². The molecule has 0 aliphatic carbocycles. The first-order valence-corrected chi connectivity index (χ1v) is 7.60. The van der Waals surface area contributed by atoms with E-state index in [4.69, 9.17) is 4.42 Å². The third-order valence-corrected chi connectivity index (χ3v) is 3.62. The minimum atomic E-state index is -0.684. The second-order valence-corrected chi connectivity index (χ2v) is 5.89. The molecule has 0 saturated heterocycles. The summed E-state index contributed by atoms with van der Waals surface area (Å²) in [5.74, 6) is -0.569. The fourth-order valence-corrected chi connectivity index (χ4v) is 2.19. The van der Waals surface area contributed by atoms with Crippen LogP contribution in [0.2, 0.25) is 0 Å². The summed E-state index contributed by atoms with van der Waals surface area (Å²) in [5.41, 5.74) is 2.76. The first-order chi connectivity index (χ1) is 10.4. The number of benzene rings is 1. The van der Waals surface area contributed by atoms with Crippen molar-refractivity contribution in [3.05, 3.63) is 51.9 Å². The Labute approximate surface area is 137 Å². The molecule has 0 spiro atoms. The topological polar surface area (TPSA) is 71.3 Å². The van der Waals surface area contributed by atoms with Crippen molar-refractivity contribution in [2.45, 2.75) is 26.8 Å². The van der Waals surface area contributed by atoms with E-state index in [-0.39, 0.29) is 11.7 Å². The lowest BCUT2D eigenvalue weighted by Crippen LogP contribution is -2.41. The highest BCUT2D eigenvalue weighted by molar-refractivity contribution is 9.10. The number of carbonyl (C=O) groups excluding carboxylic acids is 2. The molecule has 1 heterocycles. The molecule has 0 saturated carbocycles. The molecule has 1 aromatic carbocycles. The third-order valence-electron chi connectivity index (χ3n) is 3.19. The normalized spacial score (nSPS) is 11.8. The number of furan rings is 1. The molecule has 2 amide bonds. The molecule has 2 rings (SSSR count). The van der Waals surface area contributed by atoms with Crippen LogP contribution in [0.25, 0.3) is 0 Å². The summed E-state index contributed by atoms with van der Waals surface area (Å²) in [4.78, 5) is 24.1. The molecule has 1 atom stereocenters. The largest absolute Gasteiger partial charge is 0.444 e. The number of carbonyl (C=O) groups is 2. The van der Waals surface area contributed by atoms with Gasteiger partial charge in [-0.05, 0) is 66.0 Å². The average Bonchev–Trinajstić information content (AvgIpc) is 2.89. The van der Waals surface area contributed by atoms with Gasteiger partial charge in [0.25, 0.3) is 5.91 Å². The van der Waals surface area contributed by atoms with Crippen LogP contribution in [0.3, 0.4) is 0 Å². The first-order valence-electron chi connectivity index (χ1n) is 6.81. The van der Waals surface area contributed by atoms with Crippen LogP contribution in [0.4, 0.5) is 5.69 Å². The van der Waals surface area contributed by atoms with E-state index in [0.717, 1.165) is 16.8 Å². The lowest BCUT2D eigenvalue weighted by Gasteiger charge is -2.15. The number of rotatable bonds is 4. The highest BCUT2D eigenvalue weighted by atomic mass is 79.9. The Morgan fingerprint density at radius 1 is 1.18 bits per heavy atom. The van der Waals surface area contributed by atoms with E-state index in [1.165, 1.54) is 6.07 Å². The third kappa shape index (κ3) is 3.98. The molecule has 2 aromatic rings. The number of halogens is 1. The Morgan fingerprint density at radius 2 is 1.91 bits per heavy atom. The molecule has 6 heteroatoms. The highest BCUT2D eigenvalue weighted by Gasteiger charge is 2.19. The van der Waals surface area contributed by atoms with Gasteiger partial charge >= 0.3 is 0 Å². The maximum atomic E-state index is 12.2. The molecule has 1 unspecified atom stereocenters. The predicted octanol–water partition coefficient (Wildman–Crippen LogP) is 3.42. The highest BCUT2D eigenvalue weighted by Crippen LogP contribution is 2.17. The molecule has 0 aliphatic heterocycles. The van der Waals surface area contributed by atoms with Crippen LogP contribution in [-0.4, -0.2) is 17.9 Å². The monoisotopic (exact) mass is 364 g/mol. The second kappa shape index (κ2) is 6.79. The van der Waals surface area contributed by atoms with Crippen molar-refractivity contribution in [2.75, 3.05) is 5.32 Å². The van der Waals surface area contributed by atoms with Crippen LogP contribution in [0.1, 0.15) is 28.6 Å². The smallest absolute Gasteiger partial charge is 0.287 e. The van der Waals surface area contributed by atoms with E-state index in [2.05, 4.69) is 26.6 Å². The Balaban J connectivity index is 2.00. The van der Waals surface area contributed by atoms with Gasteiger partial charge in [0.2, 0.25) is 5.91 Å². The number of hydrogen-bond donors (Lipinski definition) is 2. The van der Waals surface area contributed by atoms with E-state index in [1.54, 1.807) is 13.0 Å². The van der Waals surface area contributed by atoms with Crippen LogP contribution in [0, 0.1) is 13.8 Å². The fraction of sp³-hybridized carbons (Fsp3) is 0.250. The summed E-state index contributed by atoms with van der Waals surface area (Å²) >= 11 is 3.13. The first kappa shape index (κ1) is 16.3. The van der Waals surface area contributed by atoms with Crippen LogP contribution in [0.5, 0.6) is 0 Å². The van der Waals surface area contributed by atoms with Gasteiger partial charge in [-0.15, -0.1) is 0 Å². The second-order valence-electron chi connectivity index (χ2n) is 5.11. The molecule has 0 radical (unpaired) electrons. The zero-order valence-electron chi connectivity index (χ0n) is 12.6. The Hall–Kier alpha value is -2.08. The zero-order chi connectivity index (χ0) is 16.3. The van der Waals surface area contributed by atoms with E-state index in [9.17, 15) is 9.59 Å². The van der Waals surface area contributed by atoms with E-state index < -0.39 is 11.9 Å². The molecule has 5 nitrogen and oxygen atoms in total. The van der Waals surface area contributed by atoms with E-state index in [1.807, 2.05) is 32.0 Å². The van der Waals surface area contributed by atoms with E-state index >= 15 is 0 Å². The van der Waals surface area contributed by atoms with Gasteiger partial charge < -0.3 is 15.1 Å². The van der Waals surface area contributed by atoms with Crippen LogP contribution >= 0.6 is 15.9 Å². The van der Waals surface area contributed by atoms with Crippen molar-refractivity contribution in [2.24, 2.45) is 0 Å². The molecule has 0 aliphatic rings. The van der Waals surface area contributed by atoms with Gasteiger partial charge in [0.15, 0.2) is 10.4 Å². The fourth-order valence-electron chi connectivity index (χ4n) is 1.88. The SMILES string of the molecule is Cc1ccc(C)c(NC(=O)C(C)NC(=O)c2ccc(Br)o2)c1. The summed E-state index contributed by atoms with van der Waals surface area (Å²) in [6.07, 6.45) is 0. The summed E-state index contributed by atoms with van der Waals surface area (Å²) in [5, 5.41) is 5.42. The maximum absolute atomic E-state index is 12.2. The van der Waals surface area contributed by atoms with Crippen LogP contribution < -0.4 is 10.6 Å². The molecule has 0 fully saturated rings. The quantitative estimate of drug-likeness (QED) is 0.872. The Kier molecular flexibility index (Phi) is 5.03. The summed E-state index contributed by atoms with van der Waals surface area (Å²) in [6.45, 7) is 5.49. The summed E-state index contributed by atoms with van der Waals surface area (Å²) in [6, 6.07) is 8.28. The van der Waals surface area contributed by atoms with Crippen molar-refractivity contribution < 1.29 is 14.0 Å². The number of aryl methyl sites for hydroxylation is 2. The molecule has 2 N–H and O–H groups in total. The van der Waals surface area contributed by atoms with Crippen LogP contribution in [0.15, 0.2) is 39.4 Å². The van der Waals surface area contributed by atoms with Crippen molar-refractivity contribution >= 4 is 33.4 Å². The molecule has 1 aromatic heterocycles. The predicted molar refractivity (Wildman–Crippen MR) is 87.9 cm³/mol. The van der Waals surface area contributed by atoms with Gasteiger partial charge in [0.05, 0.1) is 0 Å². The molecule has 0 bridgehead atoms. The average molecular weight is 365 g/mol. The Bertz CT molecular complexity index is 709. The number of nitrogens with one attached hydrogen (secondary N) is 2. The van der Waals surface area contributed by atoms with Gasteiger partial charge in [0.1, 0.15) is 6.04 Å². The summed E-state index contributed by atoms with van der Waals surface area (Å²) in [7, 11) is 0. The van der Waals surface area contributed by atoms with Gasteiger partial charge in [-0.3, -0.25) is 9.59 Å². The molecular formula is C16H17BrN2O3. The van der Waals surface area contributed by atoms with Crippen molar-refractivity contribution in [1.29, 1.82) is 0 Å².